The average Bonchev–Trinajstić information content (AvgIpc) is 2.80. The van der Waals surface area contributed by atoms with Gasteiger partial charge in [0.2, 0.25) is 0 Å². The summed E-state index contributed by atoms with van der Waals surface area (Å²) in [7, 11) is 0. The van der Waals surface area contributed by atoms with Crippen molar-refractivity contribution in [2.75, 3.05) is 0 Å². The van der Waals surface area contributed by atoms with Crippen LogP contribution in [0, 0.1) is 0 Å². The molecule has 2 fully saturated rings. The molecule has 0 spiro atoms. The first-order valence-corrected chi connectivity index (χ1v) is 6.07. The third-order valence-corrected chi connectivity index (χ3v) is 2.72. The van der Waals surface area contributed by atoms with Gasteiger partial charge in [0.25, 0.3) is 0 Å². The van der Waals surface area contributed by atoms with Crippen LogP contribution in [0.1, 0.15) is 46.5 Å². The normalized spacial score (nSPS) is 29.4. The molecule has 0 aromatic rings. The van der Waals surface area contributed by atoms with Crippen molar-refractivity contribution in [2.45, 2.75) is 70.3 Å². The van der Waals surface area contributed by atoms with E-state index in [0.29, 0.717) is 12.2 Å². The Morgan fingerprint density at radius 3 is 2.31 bits per heavy atom. The Labute approximate surface area is 96.7 Å². The highest BCUT2D eigenvalue weighted by molar-refractivity contribution is 5.68. The second kappa shape index (κ2) is 4.24. The number of ether oxygens (including phenoxy) is 2. The van der Waals surface area contributed by atoms with Gasteiger partial charge in [0.05, 0.1) is 12.2 Å². The third-order valence-electron chi connectivity index (χ3n) is 2.72. The number of carbonyl (C=O) groups is 1. The molecule has 4 nitrogen and oxygen atoms in total. The topological polar surface area (TPSA) is 47.6 Å². The molecule has 0 unspecified atom stereocenters. The summed E-state index contributed by atoms with van der Waals surface area (Å²) < 4.78 is 10.9. The zero-order valence-electron chi connectivity index (χ0n) is 10.3. The average molecular weight is 227 g/mol. The van der Waals surface area contributed by atoms with E-state index in [1.807, 2.05) is 20.8 Å². The van der Waals surface area contributed by atoms with Crippen LogP contribution in [0.25, 0.3) is 0 Å². The lowest BCUT2D eigenvalue weighted by molar-refractivity contribution is -0.0291. The van der Waals surface area contributed by atoms with Gasteiger partial charge in [0, 0.05) is 6.04 Å². The fourth-order valence-corrected chi connectivity index (χ4v) is 1.75. The number of amides is 1. The molecule has 2 aliphatic carbocycles. The van der Waals surface area contributed by atoms with Gasteiger partial charge >= 0.3 is 6.09 Å². The van der Waals surface area contributed by atoms with Crippen LogP contribution in [-0.4, -0.2) is 29.9 Å². The van der Waals surface area contributed by atoms with Gasteiger partial charge in [-0.15, -0.1) is 0 Å². The first kappa shape index (κ1) is 11.7. The molecule has 1 amide bonds. The summed E-state index contributed by atoms with van der Waals surface area (Å²) in [6.45, 7) is 5.60. The minimum absolute atomic E-state index is 0.235. The molecule has 1 N–H and O–H groups in total. The zero-order chi connectivity index (χ0) is 11.8. The SMILES string of the molecule is CC(C)(C)OC(=O)NC1CC(OC2CC2)C1. The van der Waals surface area contributed by atoms with Gasteiger partial charge in [0.15, 0.2) is 0 Å². The fraction of sp³-hybridized carbons (Fsp3) is 0.917. The van der Waals surface area contributed by atoms with Crippen LogP contribution in [0.5, 0.6) is 0 Å². The zero-order valence-corrected chi connectivity index (χ0v) is 10.3. The molecule has 0 radical (unpaired) electrons. The van der Waals surface area contributed by atoms with Crippen molar-refractivity contribution in [1.29, 1.82) is 0 Å². The predicted molar refractivity (Wildman–Crippen MR) is 60.3 cm³/mol. The highest BCUT2D eigenvalue weighted by Gasteiger charge is 2.36. The van der Waals surface area contributed by atoms with Crippen molar-refractivity contribution in [1.82, 2.24) is 5.32 Å². The fourth-order valence-electron chi connectivity index (χ4n) is 1.75. The van der Waals surface area contributed by atoms with Gasteiger partial charge in [-0.1, -0.05) is 0 Å². The maximum Gasteiger partial charge on any atom is 0.407 e. The van der Waals surface area contributed by atoms with Crippen molar-refractivity contribution in [3.63, 3.8) is 0 Å². The summed E-state index contributed by atoms with van der Waals surface area (Å²) in [6, 6.07) is 0.235. The summed E-state index contributed by atoms with van der Waals surface area (Å²) in [4.78, 5) is 11.4. The van der Waals surface area contributed by atoms with Crippen LogP contribution in [0.4, 0.5) is 4.79 Å². The molecule has 4 heteroatoms. The minimum atomic E-state index is -0.419. The molecular weight excluding hydrogens is 206 g/mol. The predicted octanol–water partition coefficient (Wildman–Crippen LogP) is 2.22. The van der Waals surface area contributed by atoms with Crippen LogP contribution < -0.4 is 5.32 Å². The lowest BCUT2D eigenvalue weighted by Gasteiger charge is -2.36. The van der Waals surface area contributed by atoms with E-state index in [1.165, 1.54) is 12.8 Å². The maximum atomic E-state index is 11.4. The molecule has 0 aromatic heterocycles. The Hall–Kier alpha value is -0.770. The van der Waals surface area contributed by atoms with Crippen molar-refractivity contribution < 1.29 is 14.3 Å². The Morgan fingerprint density at radius 2 is 1.81 bits per heavy atom. The number of carbonyl (C=O) groups excluding carboxylic acids is 1. The molecule has 0 saturated heterocycles. The lowest BCUT2D eigenvalue weighted by atomic mass is 9.89. The van der Waals surface area contributed by atoms with Gasteiger partial charge < -0.3 is 14.8 Å². The first-order chi connectivity index (χ1) is 7.42. The third kappa shape index (κ3) is 3.67. The molecule has 92 valence electrons. The van der Waals surface area contributed by atoms with Crippen molar-refractivity contribution in [2.24, 2.45) is 0 Å². The van der Waals surface area contributed by atoms with E-state index in [9.17, 15) is 4.79 Å². The van der Waals surface area contributed by atoms with Gasteiger partial charge in [-0.3, -0.25) is 0 Å². The van der Waals surface area contributed by atoms with Crippen molar-refractivity contribution >= 4 is 6.09 Å². The monoisotopic (exact) mass is 227 g/mol. The Balaban J connectivity index is 1.59. The molecule has 0 aromatic carbocycles. The number of nitrogens with one attached hydrogen (secondary N) is 1. The molecule has 0 aliphatic heterocycles. The van der Waals surface area contributed by atoms with Gasteiger partial charge in [-0.05, 0) is 46.5 Å². The van der Waals surface area contributed by atoms with E-state index in [2.05, 4.69) is 5.32 Å². The molecule has 0 heterocycles. The van der Waals surface area contributed by atoms with E-state index >= 15 is 0 Å². The molecular formula is C12H21NO3. The Bertz CT molecular complexity index is 262. The standard InChI is InChI=1S/C12H21NO3/c1-12(2,3)16-11(14)13-8-6-10(7-8)15-9-4-5-9/h8-10H,4-7H2,1-3H3,(H,13,14). The molecule has 2 aliphatic rings. The van der Waals surface area contributed by atoms with Crippen molar-refractivity contribution in [3.05, 3.63) is 0 Å². The summed E-state index contributed by atoms with van der Waals surface area (Å²) >= 11 is 0. The highest BCUT2D eigenvalue weighted by atomic mass is 16.6. The van der Waals surface area contributed by atoms with Crippen LogP contribution in [0.3, 0.4) is 0 Å². The number of hydrogen-bond donors (Lipinski definition) is 1. The van der Waals surface area contributed by atoms with Gasteiger partial charge in [0.1, 0.15) is 5.60 Å². The molecule has 2 saturated carbocycles. The van der Waals surface area contributed by atoms with E-state index in [0.717, 1.165) is 12.8 Å². The molecule has 16 heavy (non-hydrogen) atoms. The van der Waals surface area contributed by atoms with Crippen LogP contribution >= 0.6 is 0 Å². The summed E-state index contributed by atoms with van der Waals surface area (Å²) in [6.07, 6.45) is 4.81. The molecule has 0 atom stereocenters. The second-order valence-corrected chi connectivity index (χ2v) is 5.77. The number of rotatable bonds is 3. The number of hydrogen-bond acceptors (Lipinski definition) is 3. The van der Waals surface area contributed by atoms with Gasteiger partial charge in [-0.2, -0.15) is 0 Å². The summed E-state index contributed by atoms with van der Waals surface area (Å²) in [5.74, 6) is 0. The quantitative estimate of drug-likeness (QED) is 0.804. The summed E-state index contributed by atoms with van der Waals surface area (Å²) in [5.41, 5.74) is -0.419. The van der Waals surface area contributed by atoms with Crippen LogP contribution in [0.2, 0.25) is 0 Å². The molecule has 2 rings (SSSR count). The first-order valence-electron chi connectivity index (χ1n) is 6.07. The van der Waals surface area contributed by atoms with E-state index in [-0.39, 0.29) is 12.1 Å². The molecule has 0 bridgehead atoms. The highest BCUT2D eigenvalue weighted by Crippen LogP contribution is 2.32. The van der Waals surface area contributed by atoms with Crippen LogP contribution in [-0.2, 0) is 9.47 Å². The van der Waals surface area contributed by atoms with Crippen molar-refractivity contribution in [3.8, 4) is 0 Å². The van der Waals surface area contributed by atoms with E-state index in [4.69, 9.17) is 9.47 Å². The second-order valence-electron chi connectivity index (χ2n) is 5.77. The summed E-state index contributed by atoms with van der Waals surface area (Å²) in [5, 5.41) is 2.86. The largest absolute Gasteiger partial charge is 0.444 e. The lowest BCUT2D eigenvalue weighted by Crippen LogP contribution is -2.49. The maximum absolute atomic E-state index is 11.4. The number of alkyl carbamates (subject to hydrolysis) is 1. The Kier molecular flexibility index (Phi) is 3.10. The van der Waals surface area contributed by atoms with Gasteiger partial charge in [-0.25, -0.2) is 4.79 Å². The van der Waals surface area contributed by atoms with Crippen LogP contribution in [0.15, 0.2) is 0 Å². The van der Waals surface area contributed by atoms with E-state index in [1.54, 1.807) is 0 Å². The Morgan fingerprint density at radius 1 is 1.19 bits per heavy atom. The van der Waals surface area contributed by atoms with E-state index < -0.39 is 5.60 Å². The smallest absolute Gasteiger partial charge is 0.407 e. The minimum Gasteiger partial charge on any atom is -0.444 e.